The van der Waals surface area contributed by atoms with Crippen LogP contribution in [0, 0.1) is 28.5 Å². The standard InChI is InChI=1S/C9H4F3N3/c10-6-4-15-7(1-2-13)8(9(11)12)5(6)3-14/h4,9H,1H2. The van der Waals surface area contributed by atoms with E-state index in [1.807, 2.05) is 0 Å². The lowest BCUT2D eigenvalue weighted by Gasteiger charge is -2.07. The maximum Gasteiger partial charge on any atom is 0.267 e. The van der Waals surface area contributed by atoms with Gasteiger partial charge in [-0.2, -0.15) is 10.5 Å². The molecule has 0 aromatic carbocycles. The maximum absolute atomic E-state index is 12.9. The maximum atomic E-state index is 12.9. The molecule has 0 unspecified atom stereocenters. The molecule has 0 N–H and O–H groups in total. The SMILES string of the molecule is N#CCc1ncc(F)c(C#N)c1C(F)F. The van der Waals surface area contributed by atoms with Crippen molar-refractivity contribution in [1.82, 2.24) is 4.98 Å². The second-order valence-corrected chi connectivity index (χ2v) is 2.59. The van der Waals surface area contributed by atoms with Gasteiger partial charge in [-0.3, -0.25) is 4.98 Å². The van der Waals surface area contributed by atoms with Crippen LogP contribution in [0.4, 0.5) is 13.2 Å². The van der Waals surface area contributed by atoms with Crippen LogP contribution >= 0.6 is 0 Å². The first-order valence-electron chi connectivity index (χ1n) is 3.84. The highest BCUT2D eigenvalue weighted by Crippen LogP contribution is 2.27. The summed E-state index contributed by atoms with van der Waals surface area (Å²) in [7, 11) is 0. The zero-order valence-corrected chi connectivity index (χ0v) is 7.34. The van der Waals surface area contributed by atoms with Gasteiger partial charge in [0.05, 0.1) is 29.9 Å². The Morgan fingerprint density at radius 2 is 2.07 bits per heavy atom. The van der Waals surface area contributed by atoms with Crippen LogP contribution < -0.4 is 0 Å². The topological polar surface area (TPSA) is 60.5 Å². The summed E-state index contributed by atoms with van der Waals surface area (Å²) >= 11 is 0. The van der Waals surface area contributed by atoms with E-state index in [1.165, 1.54) is 6.07 Å². The summed E-state index contributed by atoms with van der Waals surface area (Å²) in [4.78, 5) is 3.37. The Hall–Kier alpha value is -2.08. The van der Waals surface area contributed by atoms with Crippen molar-refractivity contribution in [2.24, 2.45) is 0 Å². The molecule has 1 aromatic rings. The zero-order valence-electron chi connectivity index (χ0n) is 7.34. The highest BCUT2D eigenvalue weighted by Gasteiger charge is 2.22. The summed E-state index contributed by atoms with van der Waals surface area (Å²) in [6.45, 7) is 0. The minimum absolute atomic E-state index is 0.259. The molecule has 0 bridgehead atoms. The van der Waals surface area contributed by atoms with Gasteiger partial charge in [-0.15, -0.1) is 0 Å². The summed E-state index contributed by atoms with van der Waals surface area (Å²) in [6, 6.07) is 2.96. The Balaban J connectivity index is 3.45. The molecule has 0 saturated carbocycles. The Labute approximate surface area is 83.4 Å². The Morgan fingerprint density at radius 3 is 2.53 bits per heavy atom. The molecule has 0 aliphatic heterocycles. The molecule has 1 heterocycles. The predicted molar refractivity (Wildman–Crippen MR) is 43.2 cm³/mol. The first-order valence-corrected chi connectivity index (χ1v) is 3.84. The summed E-state index contributed by atoms with van der Waals surface area (Å²) < 4.78 is 38.0. The summed E-state index contributed by atoms with van der Waals surface area (Å²) in [6.07, 6.45) is -2.74. The fourth-order valence-electron chi connectivity index (χ4n) is 1.11. The van der Waals surface area contributed by atoms with Gasteiger partial charge >= 0.3 is 0 Å². The van der Waals surface area contributed by atoms with Crippen molar-refractivity contribution in [3.05, 3.63) is 28.8 Å². The molecule has 3 nitrogen and oxygen atoms in total. The van der Waals surface area contributed by atoms with E-state index in [1.54, 1.807) is 6.07 Å². The Bertz CT molecular complexity index is 457. The van der Waals surface area contributed by atoms with Crippen LogP contribution in [0.1, 0.15) is 23.2 Å². The number of rotatable bonds is 2. The van der Waals surface area contributed by atoms with Crippen LogP contribution in [0.5, 0.6) is 0 Å². The number of pyridine rings is 1. The van der Waals surface area contributed by atoms with E-state index in [0.29, 0.717) is 6.20 Å². The molecule has 0 amide bonds. The molecule has 0 radical (unpaired) electrons. The van der Waals surface area contributed by atoms with E-state index in [9.17, 15) is 13.2 Å². The Morgan fingerprint density at radius 1 is 1.40 bits per heavy atom. The van der Waals surface area contributed by atoms with Gasteiger partial charge in [-0.1, -0.05) is 0 Å². The smallest absolute Gasteiger partial charge is 0.257 e. The summed E-state index contributed by atoms with van der Waals surface area (Å²) in [5.41, 5.74) is -1.80. The van der Waals surface area contributed by atoms with Crippen molar-refractivity contribution in [3.63, 3.8) is 0 Å². The quantitative estimate of drug-likeness (QED) is 0.752. The number of nitrogens with zero attached hydrogens (tertiary/aromatic N) is 3. The molecule has 1 rings (SSSR count). The fourth-order valence-corrected chi connectivity index (χ4v) is 1.11. The molecular weight excluding hydrogens is 207 g/mol. The number of alkyl halides is 2. The van der Waals surface area contributed by atoms with E-state index in [2.05, 4.69) is 4.98 Å². The third-order valence-electron chi connectivity index (χ3n) is 1.73. The molecule has 0 aliphatic carbocycles. The number of nitriles is 2. The van der Waals surface area contributed by atoms with Crippen molar-refractivity contribution in [3.8, 4) is 12.1 Å². The summed E-state index contributed by atoms with van der Waals surface area (Å²) in [5, 5.41) is 16.9. The van der Waals surface area contributed by atoms with E-state index in [0.717, 1.165) is 0 Å². The van der Waals surface area contributed by atoms with E-state index in [-0.39, 0.29) is 12.1 Å². The lowest BCUT2D eigenvalue weighted by atomic mass is 10.1. The van der Waals surface area contributed by atoms with Crippen LogP contribution in [-0.2, 0) is 6.42 Å². The molecule has 6 heteroatoms. The molecule has 0 fully saturated rings. The average molecular weight is 211 g/mol. The number of hydrogen-bond acceptors (Lipinski definition) is 3. The molecule has 0 spiro atoms. The molecule has 15 heavy (non-hydrogen) atoms. The predicted octanol–water partition coefficient (Wildman–Crippen LogP) is 2.10. The zero-order chi connectivity index (χ0) is 11.4. The minimum atomic E-state index is -3.02. The molecular formula is C9H4F3N3. The minimum Gasteiger partial charge on any atom is -0.257 e. The van der Waals surface area contributed by atoms with Crippen molar-refractivity contribution in [2.45, 2.75) is 12.8 Å². The summed E-state index contributed by atoms with van der Waals surface area (Å²) in [5.74, 6) is -1.10. The first-order chi connectivity index (χ1) is 7.11. The van der Waals surface area contributed by atoms with Gasteiger partial charge in [0.2, 0.25) is 0 Å². The molecule has 76 valence electrons. The molecule has 0 aliphatic rings. The third kappa shape index (κ3) is 2.05. The average Bonchev–Trinajstić information content (AvgIpc) is 2.20. The van der Waals surface area contributed by atoms with Crippen LogP contribution in [0.25, 0.3) is 0 Å². The van der Waals surface area contributed by atoms with Crippen molar-refractivity contribution in [2.75, 3.05) is 0 Å². The molecule has 1 aromatic heterocycles. The van der Waals surface area contributed by atoms with Gasteiger partial charge in [0.1, 0.15) is 11.6 Å². The van der Waals surface area contributed by atoms with Gasteiger partial charge in [-0.05, 0) is 0 Å². The fraction of sp³-hybridized carbons (Fsp3) is 0.222. The third-order valence-corrected chi connectivity index (χ3v) is 1.73. The van der Waals surface area contributed by atoms with E-state index < -0.39 is 23.4 Å². The van der Waals surface area contributed by atoms with E-state index in [4.69, 9.17) is 10.5 Å². The lowest BCUT2D eigenvalue weighted by molar-refractivity contribution is 0.149. The van der Waals surface area contributed by atoms with Crippen LogP contribution in [-0.4, -0.2) is 4.98 Å². The van der Waals surface area contributed by atoms with Gasteiger partial charge in [0.15, 0.2) is 5.82 Å². The molecule has 0 atom stereocenters. The van der Waals surface area contributed by atoms with Gasteiger partial charge in [-0.25, -0.2) is 13.2 Å². The monoisotopic (exact) mass is 211 g/mol. The Kier molecular flexibility index (Phi) is 3.25. The highest BCUT2D eigenvalue weighted by atomic mass is 19.3. The number of halogens is 3. The van der Waals surface area contributed by atoms with Crippen LogP contribution in [0.15, 0.2) is 6.20 Å². The van der Waals surface area contributed by atoms with Gasteiger partial charge in [0, 0.05) is 0 Å². The molecule has 0 saturated heterocycles. The second-order valence-electron chi connectivity index (χ2n) is 2.59. The van der Waals surface area contributed by atoms with Gasteiger partial charge < -0.3 is 0 Å². The lowest BCUT2D eigenvalue weighted by Crippen LogP contribution is -2.04. The van der Waals surface area contributed by atoms with Crippen LogP contribution in [0.2, 0.25) is 0 Å². The van der Waals surface area contributed by atoms with Crippen molar-refractivity contribution in [1.29, 1.82) is 10.5 Å². The van der Waals surface area contributed by atoms with Crippen LogP contribution in [0.3, 0.4) is 0 Å². The van der Waals surface area contributed by atoms with Crippen molar-refractivity contribution < 1.29 is 13.2 Å². The normalized spacial score (nSPS) is 9.73. The first kappa shape index (κ1) is 11.0. The number of hydrogen-bond donors (Lipinski definition) is 0. The second kappa shape index (κ2) is 4.43. The largest absolute Gasteiger partial charge is 0.267 e. The van der Waals surface area contributed by atoms with Gasteiger partial charge in [0.25, 0.3) is 6.43 Å². The number of aromatic nitrogens is 1. The van der Waals surface area contributed by atoms with Crippen molar-refractivity contribution >= 4 is 0 Å². The van der Waals surface area contributed by atoms with E-state index >= 15 is 0 Å². The highest BCUT2D eigenvalue weighted by molar-refractivity contribution is 5.42.